The lowest BCUT2D eigenvalue weighted by atomic mass is 10.0. The van der Waals surface area contributed by atoms with Gasteiger partial charge in [0.25, 0.3) is 11.5 Å². The third kappa shape index (κ3) is 6.02. The molecule has 4 rings (SSSR count). The summed E-state index contributed by atoms with van der Waals surface area (Å²) in [5, 5.41) is 46.8. The molecule has 17 nitrogen and oxygen atoms in total. The number of aliphatic hydroxyl groups is 4. The molecule has 3 aliphatic rings. The number of nitrogens with one attached hydrogen (secondary N) is 3. The highest BCUT2D eigenvalue weighted by Gasteiger charge is 2.51. The van der Waals surface area contributed by atoms with Crippen molar-refractivity contribution in [2.75, 3.05) is 6.54 Å². The van der Waals surface area contributed by atoms with Gasteiger partial charge in [-0.25, -0.2) is 4.79 Å². The average Bonchev–Trinajstić information content (AvgIpc) is 3.02. The van der Waals surface area contributed by atoms with Gasteiger partial charge >= 0.3 is 5.69 Å². The number of hydrogen-bond acceptors (Lipinski definition) is 12. The number of carbonyl (C=O) groups excluding carboxylic acids is 3. The molecule has 0 radical (unpaired) electrons. The highest BCUT2D eigenvalue weighted by atomic mass is 16.7. The van der Waals surface area contributed by atoms with Crippen LogP contribution in [0.25, 0.3) is 0 Å². The van der Waals surface area contributed by atoms with Gasteiger partial charge in [-0.2, -0.15) is 0 Å². The molecule has 9 N–H and O–H groups in total. The van der Waals surface area contributed by atoms with Crippen LogP contribution in [-0.2, 0) is 28.6 Å². The van der Waals surface area contributed by atoms with Gasteiger partial charge in [-0.15, -0.1) is 0 Å². The second-order valence-corrected chi connectivity index (χ2v) is 9.26. The molecule has 4 heterocycles. The fourth-order valence-electron chi connectivity index (χ4n) is 4.44. The predicted octanol–water partition coefficient (Wildman–Crippen LogP) is -5.23. The molecule has 2 fully saturated rings. The third-order valence-corrected chi connectivity index (χ3v) is 6.52. The van der Waals surface area contributed by atoms with Crippen molar-refractivity contribution >= 4 is 17.7 Å². The van der Waals surface area contributed by atoms with Crippen molar-refractivity contribution in [3.05, 3.63) is 44.9 Å². The fraction of sp³-hybridized carbons (Fsp3) is 0.591. The standard InChI is InChI=1S/C22H29N5O12/c23-17(33)16(15-13(31)14(32)20(38-15)27-6-4-11(29)26-22(27)36)39-21-12(30)9(28)7-10(37-21)19(35)25-8-3-1-2-5-24-18(8)34/h4,6-9,12-16,20-21,28,30-32H,1-3,5H2,(H2,23,33)(H,24,34)(H,25,35)(H,26,29,36)/t8?,9-,12-,13?,14?,15-,16+,20+,21+/m0/s1. The molecule has 39 heavy (non-hydrogen) atoms. The number of nitrogens with zero attached hydrogens (tertiary/aromatic N) is 1. The molecule has 3 unspecified atom stereocenters. The molecular weight excluding hydrogens is 526 g/mol. The van der Waals surface area contributed by atoms with E-state index in [9.17, 15) is 44.4 Å². The highest BCUT2D eigenvalue weighted by molar-refractivity contribution is 5.95. The van der Waals surface area contributed by atoms with Crippen LogP contribution in [0.5, 0.6) is 0 Å². The maximum absolute atomic E-state index is 12.8. The minimum Gasteiger partial charge on any atom is -0.456 e. The van der Waals surface area contributed by atoms with Crippen LogP contribution < -0.4 is 27.6 Å². The molecule has 0 saturated carbocycles. The molecule has 3 aliphatic heterocycles. The van der Waals surface area contributed by atoms with Gasteiger partial charge < -0.3 is 51.0 Å². The number of hydrogen-bond donors (Lipinski definition) is 8. The number of primary amides is 1. The molecule has 1 aromatic heterocycles. The minimum atomic E-state index is -1.93. The Labute approximate surface area is 219 Å². The lowest BCUT2D eigenvalue weighted by Crippen LogP contribution is -2.54. The summed E-state index contributed by atoms with van der Waals surface area (Å²) >= 11 is 0. The van der Waals surface area contributed by atoms with E-state index in [0.717, 1.165) is 29.3 Å². The van der Waals surface area contributed by atoms with Gasteiger partial charge in [0.05, 0.1) is 0 Å². The number of ether oxygens (including phenoxy) is 3. The minimum absolute atomic E-state index is 0.360. The Kier molecular flexibility index (Phi) is 8.48. The maximum atomic E-state index is 12.8. The van der Waals surface area contributed by atoms with Gasteiger partial charge in [0.2, 0.25) is 18.1 Å². The van der Waals surface area contributed by atoms with Crippen LogP contribution in [0, 0.1) is 0 Å². The SMILES string of the molecule is NC(=O)[C@H](O[C@H]1OC(C(=O)NC2CCCCNC2=O)=C[C@H](O)[C@@H]1O)[C@H]1O[C@@H](n2ccc(=O)[nH]c2=O)C(O)C1O. The molecule has 0 aliphatic carbocycles. The van der Waals surface area contributed by atoms with Crippen molar-refractivity contribution < 1.29 is 49.0 Å². The Bertz CT molecular complexity index is 1250. The lowest BCUT2D eigenvalue weighted by Gasteiger charge is -2.34. The first-order valence-electron chi connectivity index (χ1n) is 12.1. The number of H-pyrrole nitrogens is 1. The second-order valence-electron chi connectivity index (χ2n) is 9.26. The number of aromatic nitrogens is 2. The number of rotatable bonds is 7. The zero-order valence-corrected chi connectivity index (χ0v) is 20.3. The van der Waals surface area contributed by atoms with E-state index < -0.39 is 89.9 Å². The van der Waals surface area contributed by atoms with E-state index in [1.54, 1.807) is 0 Å². The van der Waals surface area contributed by atoms with E-state index in [2.05, 4.69) is 10.6 Å². The first-order chi connectivity index (χ1) is 18.5. The molecule has 17 heteroatoms. The quantitative estimate of drug-likeness (QED) is 0.157. The molecule has 0 spiro atoms. The van der Waals surface area contributed by atoms with E-state index in [1.807, 2.05) is 4.98 Å². The van der Waals surface area contributed by atoms with Gasteiger partial charge in [0.1, 0.15) is 36.6 Å². The maximum Gasteiger partial charge on any atom is 0.330 e. The molecule has 2 saturated heterocycles. The Balaban J connectivity index is 1.50. The number of aliphatic hydroxyl groups excluding tert-OH is 4. The summed E-state index contributed by atoms with van der Waals surface area (Å²) in [6.07, 6.45) is -10.7. The number of carbonyl (C=O) groups is 3. The van der Waals surface area contributed by atoms with Crippen LogP contribution in [0.1, 0.15) is 25.5 Å². The Morgan fingerprint density at radius 1 is 1.13 bits per heavy atom. The van der Waals surface area contributed by atoms with Crippen LogP contribution >= 0.6 is 0 Å². The van der Waals surface area contributed by atoms with E-state index in [0.29, 0.717) is 19.4 Å². The Hall–Kier alpha value is -3.61. The van der Waals surface area contributed by atoms with Crippen LogP contribution in [0.2, 0.25) is 0 Å². The normalized spacial score (nSPS) is 33.7. The smallest absolute Gasteiger partial charge is 0.330 e. The Morgan fingerprint density at radius 2 is 1.87 bits per heavy atom. The van der Waals surface area contributed by atoms with Crippen molar-refractivity contribution in [3.63, 3.8) is 0 Å². The summed E-state index contributed by atoms with van der Waals surface area (Å²) in [5.74, 6) is -3.08. The summed E-state index contributed by atoms with van der Waals surface area (Å²) in [6.45, 7) is 0.460. The Morgan fingerprint density at radius 3 is 2.56 bits per heavy atom. The van der Waals surface area contributed by atoms with Crippen molar-refractivity contribution in [2.24, 2.45) is 5.73 Å². The zero-order valence-electron chi connectivity index (χ0n) is 20.3. The molecule has 1 aromatic rings. The van der Waals surface area contributed by atoms with E-state index >= 15 is 0 Å². The largest absolute Gasteiger partial charge is 0.456 e. The van der Waals surface area contributed by atoms with Gasteiger partial charge in [-0.1, -0.05) is 0 Å². The van der Waals surface area contributed by atoms with Crippen LogP contribution in [-0.4, -0.2) is 103 Å². The zero-order chi connectivity index (χ0) is 28.4. The average molecular weight is 555 g/mol. The number of aromatic amines is 1. The van der Waals surface area contributed by atoms with Crippen molar-refractivity contribution in [3.8, 4) is 0 Å². The van der Waals surface area contributed by atoms with E-state index in [4.69, 9.17) is 19.9 Å². The first-order valence-corrected chi connectivity index (χ1v) is 12.1. The third-order valence-electron chi connectivity index (χ3n) is 6.52. The van der Waals surface area contributed by atoms with Crippen molar-refractivity contribution in [1.29, 1.82) is 0 Å². The van der Waals surface area contributed by atoms with Crippen LogP contribution in [0.15, 0.2) is 33.7 Å². The summed E-state index contributed by atoms with van der Waals surface area (Å²) < 4.78 is 17.1. The van der Waals surface area contributed by atoms with E-state index in [1.165, 1.54) is 0 Å². The van der Waals surface area contributed by atoms with Crippen molar-refractivity contribution in [2.45, 2.75) is 74.4 Å². The van der Waals surface area contributed by atoms with Gasteiger partial charge in [-0.3, -0.25) is 28.7 Å². The summed E-state index contributed by atoms with van der Waals surface area (Å²) in [4.78, 5) is 62.6. The fourth-order valence-corrected chi connectivity index (χ4v) is 4.44. The molecule has 214 valence electrons. The van der Waals surface area contributed by atoms with Crippen molar-refractivity contribution in [1.82, 2.24) is 20.2 Å². The number of amides is 3. The molecule has 0 bridgehead atoms. The predicted molar refractivity (Wildman–Crippen MR) is 125 cm³/mol. The van der Waals surface area contributed by atoms with Gasteiger partial charge in [-0.05, 0) is 25.3 Å². The summed E-state index contributed by atoms with van der Waals surface area (Å²) in [7, 11) is 0. The molecule has 0 aromatic carbocycles. The summed E-state index contributed by atoms with van der Waals surface area (Å²) in [5.41, 5.74) is 3.71. The van der Waals surface area contributed by atoms with Gasteiger partial charge in [0.15, 0.2) is 18.1 Å². The second kappa shape index (κ2) is 11.6. The molecule has 9 atom stereocenters. The highest BCUT2D eigenvalue weighted by Crippen LogP contribution is 2.32. The first kappa shape index (κ1) is 28.4. The van der Waals surface area contributed by atoms with Gasteiger partial charge in [0, 0.05) is 18.8 Å². The molecular formula is C22H29N5O12. The number of nitrogens with two attached hydrogens (primary N) is 1. The topological polar surface area (TPSA) is 265 Å². The van der Waals surface area contributed by atoms with E-state index in [-0.39, 0.29) is 0 Å². The molecule has 3 amide bonds. The summed E-state index contributed by atoms with van der Waals surface area (Å²) in [6, 6.07) is 0.0906. The lowest BCUT2D eigenvalue weighted by molar-refractivity contribution is -0.240. The monoisotopic (exact) mass is 555 g/mol. The van der Waals surface area contributed by atoms with Crippen LogP contribution in [0.3, 0.4) is 0 Å². The van der Waals surface area contributed by atoms with Crippen LogP contribution in [0.4, 0.5) is 0 Å².